The van der Waals surface area contributed by atoms with Gasteiger partial charge in [-0.2, -0.15) is 0 Å². The lowest BCUT2D eigenvalue weighted by Gasteiger charge is -2.24. The van der Waals surface area contributed by atoms with E-state index >= 15 is 0 Å². The lowest BCUT2D eigenvalue weighted by molar-refractivity contribution is -0.159. The molecule has 1 fully saturated rings. The van der Waals surface area contributed by atoms with E-state index in [4.69, 9.17) is 25.6 Å². The summed E-state index contributed by atoms with van der Waals surface area (Å²) in [6.45, 7) is 0.588. The SMILES string of the molecule is COc1ccc(CC2(C(=O)O)CCCO2)cc1CNC(=O)c1cc(-c2ccccc2Cl)on1. The van der Waals surface area contributed by atoms with Crippen LogP contribution in [-0.4, -0.2) is 41.5 Å². The number of amides is 1. The van der Waals surface area contributed by atoms with E-state index in [1.165, 1.54) is 13.2 Å². The first-order valence-electron chi connectivity index (χ1n) is 10.4. The number of nitrogens with zero attached hydrogens (tertiary/aromatic N) is 1. The summed E-state index contributed by atoms with van der Waals surface area (Å²) in [5, 5.41) is 16.8. The lowest BCUT2D eigenvalue weighted by atomic mass is 9.91. The van der Waals surface area contributed by atoms with Gasteiger partial charge in [0.1, 0.15) is 5.75 Å². The number of aromatic nitrogens is 1. The number of benzene rings is 2. The van der Waals surface area contributed by atoms with E-state index in [2.05, 4.69) is 10.5 Å². The fourth-order valence-electron chi connectivity index (χ4n) is 3.93. The molecule has 4 rings (SSSR count). The van der Waals surface area contributed by atoms with Gasteiger partial charge < -0.3 is 24.4 Å². The number of carboxylic acid groups (broad SMARTS) is 1. The first-order valence-corrected chi connectivity index (χ1v) is 10.8. The van der Waals surface area contributed by atoms with E-state index < -0.39 is 17.5 Å². The highest BCUT2D eigenvalue weighted by molar-refractivity contribution is 6.33. The van der Waals surface area contributed by atoms with E-state index in [1.54, 1.807) is 24.3 Å². The Morgan fingerprint density at radius 1 is 1.24 bits per heavy atom. The lowest BCUT2D eigenvalue weighted by Crippen LogP contribution is -2.40. The first-order chi connectivity index (χ1) is 15.9. The monoisotopic (exact) mass is 470 g/mol. The third-order valence-corrected chi connectivity index (χ3v) is 5.98. The third-order valence-electron chi connectivity index (χ3n) is 5.65. The van der Waals surface area contributed by atoms with Crippen molar-refractivity contribution >= 4 is 23.5 Å². The minimum Gasteiger partial charge on any atom is -0.496 e. The van der Waals surface area contributed by atoms with Gasteiger partial charge in [-0.15, -0.1) is 0 Å². The van der Waals surface area contributed by atoms with E-state index in [0.717, 1.165) is 5.56 Å². The summed E-state index contributed by atoms with van der Waals surface area (Å²) in [5.41, 5.74) is 1.03. The number of carbonyl (C=O) groups is 2. The fraction of sp³-hybridized carbons (Fsp3) is 0.292. The van der Waals surface area contributed by atoms with Crippen molar-refractivity contribution in [3.63, 3.8) is 0 Å². The molecule has 0 aliphatic carbocycles. The molecule has 0 bridgehead atoms. The topological polar surface area (TPSA) is 111 Å². The van der Waals surface area contributed by atoms with Gasteiger partial charge in [-0.05, 0) is 36.6 Å². The van der Waals surface area contributed by atoms with Crippen molar-refractivity contribution in [2.24, 2.45) is 0 Å². The zero-order chi connectivity index (χ0) is 23.4. The largest absolute Gasteiger partial charge is 0.496 e. The Bertz CT molecular complexity index is 1170. The Kier molecular flexibility index (Phi) is 6.67. The van der Waals surface area contributed by atoms with Gasteiger partial charge in [0, 0.05) is 36.8 Å². The van der Waals surface area contributed by atoms with Crippen LogP contribution in [0.3, 0.4) is 0 Å². The smallest absolute Gasteiger partial charge is 0.336 e. The summed E-state index contributed by atoms with van der Waals surface area (Å²) >= 11 is 6.18. The van der Waals surface area contributed by atoms with Crippen molar-refractivity contribution in [3.8, 4) is 17.1 Å². The Balaban J connectivity index is 1.47. The van der Waals surface area contributed by atoms with Crippen LogP contribution in [0.4, 0.5) is 0 Å². The number of methoxy groups -OCH3 is 1. The number of hydrogen-bond donors (Lipinski definition) is 2. The average Bonchev–Trinajstić information content (AvgIpc) is 3.49. The van der Waals surface area contributed by atoms with Crippen LogP contribution in [0.15, 0.2) is 53.1 Å². The Hall–Kier alpha value is -3.36. The summed E-state index contributed by atoms with van der Waals surface area (Å²) < 4.78 is 16.3. The standard InChI is InChI=1S/C24H23ClN2O6/c1-31-20-8-7-15(13-24(23(29)30)9-4-10-32-24)11-16(20)14-26-22(28)19-12-21(33-27-19)17-5-2-3-6-18(17)25/h2-3,5-8,11-12H,4,9-10,13-14H2,1H3,(H,26,28)(H,29,30). The molecule has 0 saturated carbocycles. The highest BCUT2D eigenvalue weighted by Crippen LogP contribution is 2.32. The minimum atomic E-state index is -1.22. The average molecular weight is 471 g/mol. The Morgan fingerprint density at radius 2 is 2.06 bits per heavy atom. The Morgan fingerprint density at radius 3 is 2.76 bits per heavy atom. The molecule has 0 spiro atoms. The van der Waals surface area contributed by atoms with Crippen molar-refractivity contribution in [2.45, 2.75) is 31.4 Å². The van der Waals surface area contributed by atoms with E-state index in [1.807, 2.05) is 18.2 Å². The maximum atomic E-state index is 12.6. The van der Waals surface area contributed by atoms with E-state index in [0.29, 0.717) is 47.1 Å². The van der Waals surface area contributed by atoms with E-state index in [-0.39, 0.29) is 18.7 Å². The second kappa shape index (κ2) is 9.64. The van der Waals surface area contributed by atoms with Crippen molar-refractivity contribution in [1.82, 2.24) is 10.5 Å². The molecule has 33 heavy (non-hydrogen) atoms. The van der Waals surface area contributed by atoms with Crippen LogP contribution < -0.4 is 10.1 Å². The normalized spacial score (nSPS) is 17.6. The molecular formula is C24H23ClN2O6. The van der Waals surface area contributed by atoms with Crippen molar-refractivity contribution in [2.75, 3.05) is 13.7 Å². The van der Waals surface area contributed by atoms with E-state index in [9.17, 15) is 14.7 Å². The van der Waals surface area contributed by atoms with Gasteiger partial charge in [0.05, 0.1) is 12.1 Å². The quantitative estimate of drug-likeness (QED) is 0.509. The molecule has 1 saturated heterocycles. The van der Waals surface area contributed by atoms with Crippen LogP contribution in [0.2, 0.25) is 5.02 Å². The van der Waals surface area contributed by atoms with Crippen LogP contribution in [0.1, 0.15) is 34.5 Å². The molecule has 172 valence electrons. The molecule has 1 aliphatic heterocycles. The maximum absolute atomic E-state index is 12.6. The van der Waals surface area contributed by atoms with Gasteiger partial charge in [-0.25, -0.2) is 4.79 Å². The predicted molar refractivity (Wildman–Crippen MR) is 120 cm³/mol. The maximum Gasteiger partial charge on any atom is 0.336 e. The summed E-state index contributed by atoms with van der Waals surface area (Å²) in [7, 11) is 1.53. The van der Waals surface area contributed by atoms with Gasteiger partial charge in [0.15, 0.2) is 17.1 Å². The summed E-state index contributed by atoms with van der Waals surface area (Å²) in [4.78, 5) is 24.4. The number of carboxylic acids is 1. The number of rotatable bonds is 8. The second-order valence-electron chi connectivity index (χ2n) is 7.81. The zero-order valence-corrected chi connectivity index (χ0v) is 18.7. The molecule has 1 amide bonds. The summed E-state index contributed by atoms with van der Waals surface area (Å²) in [6, 6.07) is 14.0. The molecule has 1 aromatic heterocycles. The molecule has 9 heteroatoms. The molecule has 1 aliphatic rings. The van der Waals surface area contributed by atoms with Gasteiger partial charge in [0.25, 0.3) is 5.91 Å². The number of aliphatic carboxylic acids is 1. The molecule has 0 radical (unpaired) electrons. The van der Waals surface area contributed by atoms with Gasteiger partial charge in [-0.1, -0.05) is 41.0 Å². The predicted octanol–water partition coefficient (Wildman–Crippen LogP) is 4.11. The van der Waals surface area contributed by atoms with Crippen molar-refractivity contribution < 1.29 is 28.7 Å². The highest BCUT2D eigenvalue weighted by Gasteiger charge is 2.43. The van der Waals surface area contributed by atoms with Crippen LogP contribution in [0, 0.1) is 0 Å². The molecule has 2 N–H and O–H groups in total. The van der Waals surface area contributed by atoms with Gasteiger partial charge >= 0.3 is 5.97 Å². The number of hydrogen-bond acceptors (Lipinski definition) is 6. The molecule has 2 heterocycles. The number of halogens is 1. The third kappa shape index (κ3) is 4.86. The summed E-state index contributed by atoms with van der Waals surface area (Å²) in [6.07, 6.45) is 1.40. The molecule has 3 aromatic rings. The van der Waals surface area contributed by atoms with Gasteiger partial charge in [0.2, 0.25) is 0 Å². The first kappa shape index (κ1) is 22.8. The van der Waals surface area contributed by atoms with Crippen LogP contribution in [0.5, 0.6) is 5.75 Å². The number of carbonyl (C=O) groups excluding carboxylic acids is 1. The fourth-order valence-corrected chi connectivity index (χ4v) is 4.16. The van der Waals surface area contributed by atoms with Crippen molar-refractivity contribution in [1.29, 1.82) is 0 Å². The molecule has 8 nitrogen and oxygen atoms in total. The second-order valence-corrected chi connectivity index (χ2v) is 8.22. The molecule has 2 aromatic carbocycles. The molecule has 1 atom stereocenters. The summed E-state index contributed by atoms with van der Waals surface area (Å²) in [5.74, 6) is -0.426. The van der Waals surface area contributed by atoms with Gasteiger partial charge in [-0.3, -0.25) is 4.79 Å². The highest BCUT2D eigenvalue weighted by atomic mass is 35.5. The molecular weight excluding hydrogens is 448 g/mol. The molecule has 1 unspecified atom stereocenters. The number of nitrogens with one attached hydrogen (secondary N) is 1. The zero-order valence-electron chi connectivity index (χ0n) is 18.0. The van der Waals surface area contributed by atoms with Crippen molar-refractivity contribution in [3.05, 3.63) is 70.4 Å². The Labute approximate surface area is 195 Å². The van der Waals surface area contributed by atoms with Crippen LogP contribution >= 0.6 is 11.6 Å². The van der Waals surface area contributed by atoms with Crippen LogP contribution in [0.25, 0.3) is 11.3 Å². The van der Waals surface area contributed by atoms with Crippen LogP contribution in [-0.2, 0) is 22.5 Å². The number of ether oxygens (including phenoxy) is 2. The minimum absolute atomic E-state index is 0.115.